The van der Waals surface area contributed by atoms with Gasteiger partial charge in [0.05, 0.1) is 19.3 Å². The number of hydrogen-bond donors (Lipinski definition) is 4. The molecule has 1 rings (SSSR count). The van der Waals surface area contributed by atoms with E-state index in [2.05, 4.69) is 4.52 Å². The van der Waals surface area contributed by atoms with E-state index in [-0.39, 0.29) is 12.5 Å². The van der Waals surface area contributed by atoms with E-state index in [1.165, 1.54) is 0 Å². The fraction of sp³-hybridized carbons (Fsp3) is 1.00. The molecule has 15 heavy (non-hydrogen) atoms. The Morgan fingerprint density at radius 3 is 2.53 bits per heavy atom. The average Bonchev–Trinajstić information content (AvgIpc) is 2.12. The van der Waals surface area contributed by atoms with Crippen LogP contribution in [-0.2, 0) is 13.8 Å². The number of aliphatic hydroxyl groups is 2. The quantitative estimate of drug-likeness (QED) is 0.462. The van der Waals surface area contributed by atoms with E-state index >= 15 is 0 Å². The van der Waals surface area contributed by atoms with Crippen LogP contribution in [0.5, 0.6) is 0 Å². The van der Waals surface area contributed by atoms with Crippen LogP contribution in [0.1, 0.15) is 6.92 Å². The Labute approximate surface area is 86.9 Å². The Morgan fingerprint density at radius 2 is 2.00 bits per heavy atom. The molecule has 0 amide bonds. The molecule has 0 unspecified atom stereocenters. The normalized spacial score (nSPS) is 37.9. The van der Waals surface area contributed by atoms with Crippen molar-refractivity contribution in [2.75, 3.05) is 13.2 Å². The van der Waals surface area contributed by atoms with E-state index in [1.54, 1.807) is 6.92 Å². The molecule has 0 aromatic heterocycles. The van der Waals surface area contributed by atoms with Gasteiger partial charge in [-0.1, -0.05) is 6.92 Å². The van der Waals surface area contributed by atoms with Gasteiger partial charge in [0.25, 0.3) is 0 Å². The maximum absolute atomic E-state index is 10.4. The van der Waals surface area contributed by atoms with Crippen LogP contribution in [0.15, 0.2) is 0 Å². The molecule has 1 saturated heterocycles. The number of hydrogen-bond acceptors (Lipinski definition) is 5. The van der Waals surface area contributed by atoms with E-state index in [4.69, 9.17) is 14.5 Å². The van der Waals surface area contributed by atoms with Gasteiger partial charge in [-0.3, -0.25) is 4.52 Å². The zero-order chi connectivity index (χ0) is 11.6. The molecule has 7 nitrogen and oxygen atoms in total. The standard InChI is InChI=1S/C7H15O7P/c1-4-2-13-5(7(9)6(4)8)3-14-15(10,11)12/h4-9H,2-3H2,1H3,(H2,10,11,12)/t4-,5+,6+,7+/m0/s1. The Morgan fingerprint density at radius 1 is 1.40 bits per heavy atom. The molecule has 0 radical (unpaired) electrons. The van der Waals surface area contributed by atoms with Gasteiger partial charge in [0.1, 0.15) is 12.2 Å². The van der Waals surface area contributed by atoms with Crippen molar-refractivity contribution in [3.63, 3.8) is 0 Å². The predicted molar refractivity (Wildman–Crippen MR) is 48.9 cm³/mol. The molecular weight excluding hydrogens is 227 g/mol. The van der Waals surface area contributed by atoms with Crippen molar-refractivity contribution < 1.29 is 33.8 Å². The zero-order valence-electron chi connectivity index (χ0n) is 8.18. The van der Waals surface area contributed by atoms with Gasteiger partial charge in [0, 0.05) is 5.92 Å². The lowest BCUT2D eigenvalue weighted by Gasteiger charge is -2.35. The number of rotatable bonds is 3. The van der Waals surface area contributed by atoms with E-state index in [1.807, 2.05) is 0 Å². The van der Waals surface area contributed by atoms with Crippen molar-refractivity contribution in [1.29, 1.82) is 0 Å². The van der Waals surface area contributed by atoms with Gasteiger partial charge < -0.3 is 24.7 Å². The molecule has 0 aliphatic carbocycles. The summed E-state index contributed by atoms with van der Waals surface area (Å²) >= 11 is 0. The molecule has 1 aliphatic heterocycles. The first kappa shape index (κ1) is 13.1. The molecule has 0 spiro atoms. The maximum Gasteiger partial charge on any atom is 0.469 e. The number of aliphatic hydroxyl groups excluding tert-OH is 2. The van der Waals surface area contributed by atoms with Gasteiger partial charge >= 0.3 is 7.82 Å². The van der Waals surface area contributed by atoms with E-state index in [9.17, 15) is 14.8 Å². The highest BCUT2D eigenvalue weighted by molar-refractivity contribution is 7.46. The molecule has 0 bridgehead atoms. The molecule has 1 aliphatic rings. The number of phosphoric ester groups is 1. The highest BCUT2D eigenvalue weighted by atomic mass is 31.2. The van der Waals surface area contributed by atoms with Crippen molar-refractivity contribution in [1.82, 2.24) is 0 Å². The maximum atomic E-state index is 10.4. The number of phosphoric acid groups is 1. The van der Waals surface area contributed by atoms with Crippen molar-refractivity contribution >= 4 is 7.82 Å². The molecule has 0 aromatic carbocycles. The minimum Gasteiger partial charge on any atom is -0.390 e. The number of ether oxygens (including phenoxy) is 1. The lowest BCUT2D eigenvalue weighted by atomic mass is 9.94. The lowest BCUT2D eigenvalue weighted by Crippen LogP contribution is -2.50. The fourth-order valence-corrected chi connectivity index (χ4v) is 1.69. The predicted octanol–water partition coefficient (Wildman–Crippen LogP) is -1.15. The van der Waals surface area contributed by atoms with Gasteiger partial charge in [-0.15, -0.1) is 0 Å². The highest BCUT2D eigenvalue weighted by Gasteiger charge is 2.37. The molecule has 4 N–H and O–H groups in total. The Bertz CT molecular complexity index is 252. The summed E-state index contributed by atoms with van der Waals surface area (Å²) in [5.74, 6) is -0.216. The van der Waals surface area contributed by atoms with Gasteiger partial charge in [-0.25, -0.2) is 4.57 Å². The summed E-state index contributed by atoms with van der Waals surface area (Å²) in [6.45, 7) is 1.47. The van der Waals surface area contributed by atoms with Crippen LogP contribution in [-0.4, -0.2) is 51.5 Å². The first-order valence-corrected chi connectivity index (χ1v) is 6.02. The summed E-state index contributed by atoms with van der Waals surface area (Å²) < 4.78 is 19.7. The highest BCUT2D eigenvalue weighted by Crippen LogP contribution is 2.36. The summed E-state index contributed by atoms with van der Waals surface area (Å²) in [4.78, 5) is 16.9. The largest absolute Gasteiger partial charge is 0.469 e. The summed E-state index contributed by atoms with van der Waals surface area (Å²) in [5.41, 5.74) is 0. The average molecular weight is 242 g/mol. The second kappa shape index (κ2) is 4.88. The van der Waals surface area contributed by atoms with E-state index in [0.29, 0.717) is 0 Å². The summed E-state index contributed by atoms with van der Waals surface area (Å²) in [6.07, 6.45) is -3.08. The third kappa shape index (κ3) is 3.81. The Kier molecular flexibility index (Phi) is 4.25. The fourth-order valence-electron chi connectivity index (χ4n) is 1.35. The summed E-state index contributed by atoms with van der Waals surface area (Å²) in [6, 6.07) is 0. The summed E-state index contributed by atoms with van der Waals surface area (Å²) in [7, 11) is -4.57. The monoisotopic (exact) mass is 242 g/mol. The third-order valence-corrected chi connectivity index (χ3v) is 2.78. The summed E-state index contributed by atoms with van der Waals surface area (Å²) in [5, 5.41) is 19.0. The first-order chi connectivity index (χ1) is 6.81. The minimum atomic E-state index is -4.57. The molecule has 1 heterocycles. The second-order valence-electron chi connectivity index (χ2n) is 3.62. The molecule has 8 heteroatoms. The molecule has 1 fully saturated rings. The second-order valence-corrected chi connectivity index (χ2v) is 4.86. The lowest BCUT2D eigenvalue weighted by molar-refractivity contribution is -0.169. The van der Waals surface area contributed by atoms with Crippen LogP contribution < -0.4 is 0 Å². The van der Waals surface area contributed by atoms with E-state index < -0.39 is 32.7 Å². The molecule has 90 valence electrons. The minimum absolute atomic E-state index is 0.216. The van der Waals surface area contributed by atoms with Crippen molar-refractivity contribution in [2.45, 2.75) is 25.2 Å². The van der Waals surface area contributed by atoms with Crippen molar-refractivity contribution in [3.05, 3.63) is 0 Å². The van der Waals surface area contributed by atoms with Gasteiger partial charge in [0.15, 0.2) is 0 Å². The Balaban J connectivity index is 2.46. The molecule has 0 saturated carbocycles. The van der Waals surface area contributed by atoms with Crippen LogP contribution in [0.4, 0.5) is 0 Å². The van der Waals surface area contributed by atoms with Crippen LogP contribution in [0.3, 0.4) is 0 Å². The van der Waals surface area contributed by atoms with Crippen LogP contribution >= 0.6 is 7.82 Å². The first-order valence-electron chi connectivity index (χ1n) is 4.49. The topological polar surface area (TPSA) is 116 Å². The third-order valence-electron chi connectivity index (χ3n) is 2.29. The van der Waals surface area contributed by atoms with Gasteiger partial charge in [-0.2, -0.15) is 0 Å². The van der Waals surface area contributed by atoms with Gasteiger partial charge in [0.2, 0.25) is 0 Å². The van der Waals surface area contributed by atoms with Crippen LogP contribution in [0.2, 0.25) is 0 Å². The van der Waals surface area contributed by atoms with Gasteiger partial charge in [-0.05, 0) is 0 Å². The van der Waals surface area contributed by atoms with E-state index in [0.717, 1.165) is 0 Å². The molecule has 4 atom stereocenters. The Hall–Kier alpha value is -0.0100. The smallest absolute Gasteiger partial charge is 0.390 e. The molecule has 0 aromatic rings. The van der Waals surface area contributed by atoms with Crippen molar-refractivity contribution in [2.24, 2.45) is 5.92 Å². The van der Waals surface area contributed by atoms with Crippen LogP contribution in [0.25, 0.3) is 0 Å². The van der Waals surface area contributed by atoms with Crippen molar-refractivity contribution in [3.8, 4) is 0 Å². The zero-order valence-corrected chi connectivity index (χ0v) is 9.08. The van der Waals surface area contributed by atoms with Crippen LogP contribution in [0, 0.1) is 5.92 Å². The SMILES string of the molecule is C[C@H]1CO[C@H](COP(=O)(O)O)[C@@H](O)[C@@H]1O. The molecular formula is C7H15O7P.